The molecule has 0 aliphatic carbocycles. The molecular weight excluding hydrogens is 327 g/mol. The monoisotopic (exact) mass is 346 g/mol. The minimum absolute atomic E-state index is 0.0454. The van der Waals surface area contributed by atoms with Gasteiger partial charge in [0.25, 0.3) is 0 Å². The molecule has 1 aliphatic rings. The highest BCUT2D eigenvalue weighted by Gasteiger charge is 2.43. The zero-order valence-electron chi connectivity index (χ0n) is 14.7. The van der Waals surface area contributed by atoms with Gasteiger partial charge in [-0.25, -0.2) is 4.39 Å². The van der Waals surface area contributed by atoms with Crippen LogP contribution in [0.3, 0.4) is 0 Å². The van der Waals surface area contributed by atoms with Crippen molar-refractivity contribution in [2.45, 2.75) is 20.3 Å². The van der Waals surface area contributed by atoms with Gasteiger partial charge in [0.1, 0.15) is 5.82 Å². The number of rotatable bonds is 2. The second kappa shape index (κ2) is 6.06. The van der Waals surface area contributed by atoms with Gasteiger partial charge in [-0.05, 0) is 35.9 Å². The summed E-state index contributed by atoms with van der Waals surface area (Å²) >= 11 is 0. The van der Waals surface area contributed by atoms with E-state index in [1.807, 2.05) is 50.3 Å². The molecule has 1 aromatic heterocycles. The number of halogens is 1. The number of hydrogen-bond donors (Lipinski definition) is 0. The average Bonchev–Trinajstić information content (AvgIpc) is 2.85. The fourth-order valence-corrected chi connectivity index (χ4v) is 3.44. The van der Waals surface area contributed by atoms with Gasteiger partial charge in [-0.15, -0.1) is 0 Å². The topological polar surface area (TPSA) is 33.2 Å². The van der Waals surface area contributed by atoms with Gasteiger partial charge >= 0.3 is 0 Å². The first-order chi connectivity index (χ1) is 12.5. The lowest BCUT2D eigenvalue weighted by Crippen LogP contribution is -2.30. The zero-order chi connectivity index (χ0) is 18.3. The number of para-hydroxylation sites is 1. The van der Waals surface area contributed by atoms with E-state index in [0.717, 1.165) is 27.9 Å². The smallest absolute Gasteiger partial charge is 0.237 e. The molecular formula is C22H19FN2O. The van der Waals surface area contributed by atoms with E-state index in [9.17, 15) is 9.18 Å². The van der Waals surface area contributed by atoms with E-state index in [0.29, 0.717) is 6.42 Å². The van der Waals surface area contributed by atoms with Crippen LogP contribution in [-0.2, 0) is 4.79 Å². The maximum Gasteiger partial charge on any atom is 0.237 e. The molecule has 0 atom stereocenters. The number of carbonyl (C=O) groups excluding carboxylic acids is 1. The lowest BCUT2D eigenvalue weighted by Gasteiger charge is -2.21. The molecule has 2 heterocycles. The van der Waals surface area contributed by atoms with Crippen LogP contribution < -0.4 is 4.90 Å². The fourth-order valence-electron chi connectivity index (χ4n) is 3.44. The number of carbonyl (C=O) groups is 1. The number of aromatic nitrogens is 1. The predicted molar refractivity (Wildman–Crippen MR) is 102 cm³/mol. The quantitative estimate of drug-likeness (QED) is 0.641. The van der Waals surface area contributed by atoms with Crippen LogP contribution in [0.4, 0.5) is 10.1 Å². The third kappa shape index (κ3) is 2.77. The molecule has 3 aromatic rings. The molecule has 0 N–H and O–H groups in total. The summed E-state index contributed by atoms with van der Waals surface area (Å²) in [6.45, 7) is 3.90. The number of pyridine rings is 1. The molecule has 1 saturated heterocycles. The summed E-state index contributed by atoms with van der Waals surface area (Å²) in [5.41, 5.74) is 2.84. The summed E-state index contributed by atoms with van der Waals surface area (Å²) < 4.78 is 13.2. The van der Waals surface area contributed by atoms with Crippen molar-refractivity contribution in [3.63, 3.8) is 0 Å². The normalized spacial score (nSPS) is 18.0. The molecule has 1 amide bonds. The third-order valence-electron chi connectivity index (χ3n) is 4.75. The van der Waals surface area contributed by atoms with Gasteiger partial charge in [0, 0.05) is 29.1 Å². The van der Waals surface area contributed by atoms with Gasteiger partial charge in [-0.3, -0.25) is 14.7 Å². The van der Waals surface area contributed by atoms with E-state index >= 15 is 0 Å². The van der Waals surface area contributed by atoms with Gasteiger partial charge in [-0.1, -0.05) is 44.2 Å². The number of fused-ring (bicyclic) bond motifs is 1. The van der Waals surface area contributed by atoms with Crippen LogP contribution in [0.5, 0.6) is 0 Å². The summed E-state index contributed by atoms with van der Waals surface area (Å²) in [6.07, 6.45) is 4.31. The summed E-state index contributed by atoms with van der Waals surface area (Å²) in [4.78, 5) is 19.4. The van der Waals surface area contributed by atoms with Crippen molar-refractivity contribution in [3.8, 4) is 0 Å². The van der Waals surface area contributed by atoms with Gasteiger partial charge in [0.2, 0.25) is 5.91 Å². The van der Waals surface area contributed by atoms with Crippen LogP contribution in [0.25, 0.3) is 17.0 Å². The number of benzene rings is 2. The molecule has 4 rings (SSSR count). The Morgan fingerprint density at radius 1 is 1.08 bits per heavy atom. The first-order valence-corrected chi connectivity index (χ1v) is 8.60. The van der Waals surface area contributed by atoms with E-state index in [-0.39, 0.29) is 11.7 Å². The molecule has 130 valence electrons. The van der Waals surface area contributed by atoms with Crippen molar-refractivity contribution >= 4 is 28.6 Å². The maximum absolute atomic E-state index is 13.2. The van der Waals surface area contributed by atoms with E-state index < -0.39 is 5.41 Å². The Morgan fingerprint density at radius 2 is 1.81 bits per heavy atom. The molecule has 26 heavy (non-hydrogen) atoms. The first kappa shape index (κ1) is 16.5. The Balaban J connectivity index is 1.88. The largest absolute Gasteiger partial charge is 0.282 e. The van der Waals surface area contributed by atoms with Crippen molar-refractivity contribution in [2.75, 3.05) is 4.90 Å². The van der Waals surface area contributed by atoms with Crippen molar-refractivity contribution in [3.05, 3.63) is 77.9 Å². The van der Waals surface area contributed by atoms with E-state index in [1.54, 1.807) is 23.2 Å². The maximum atomic E-state index is 13.2. The molecule has 0 bridgehead atoms. The van der Waals surface area contributed by atoms with Gasteiger partial charge < -0.3 is 0 Å². The first-order valence-electron chi connectivity index (χ1n) is 8.60. The Labute approximate surface area is 151 Å². The summed E-state index contributed by atoms with van der Waals surface area (Å²) in [5.74, 6) is -0.228. The second-order valence-corrected chi connectivity index (χ2v) is 7.24. The predicted octanol–water partition coefficient (Wildman–Crippen LogP) is 5.18. The minimum Gasteiger partial charge on any atom is -0.282 e. The van der Waals surface area contributed by atoms with Crippen molar-refractivity contribution in [2.24, 2.45) is 5.41 Å². The van der Waals surface area contributed by atoms with Gasteiger partial charge in [-0.2, -0.15) is 0 Å². The molecule has 0 radical (unpaired) electrons. The summed E-state index contributed by atoms with van der Waals surface area (Å²) in [5, 5.41) is 0.989. The number of allylic oxidation sites excluding steroid dienone is 1. The fraction of sp³-hybridized carbons (Fsp3) is 0.182. The number of anilines is 1. The van der Waals surface area contributed by atoms with Crippen molar-refractivity contribution in [1.82, 2.24) is 4.98 Å². The molecule has 0 unspecified atom stereocenters. The van der Waals surface area contributed by atoms with Crippen LogP contribution in [0.15, 0.2) is 66.5 Å². The Hall–Kier alpha value is -3.01. The molecule has 3 nitrogen and oxygen atoms in total. The summed E-state index contributed by atoms with van der Waals surface area (Å²) in [6, 6.07) is 16.0. The average molecular weight is 346 g/mol. The zero-order valence-corrected chi connectivity index (χ0v) is 14.7. The minimum atomic E-state index is -0.497. The van der Waals surface area contributed by atoms with E-state index in [2.05, 4.69) is 4.98 Å². The van der Waals surface area contributed by atoms with Crippen molar-refractivity contribution in [1.29, 1.82) is 0 Å². The molecule has 4 heteroatoms. The van der Waals surface area contributed by atoms with Crippen LogP contribution in [-0.4, -0.2) is 10.9 Å². The number of amides is 1. The molecule has 1 aliphatic heterocycles. The Morgan fingerprint density at radius 3 is 2.58 bits per heavy atom. The molecule has 0 saturated carbocycles. The standard InChI is InChI=1S/C22H19FN2O/c1-22(2)14-18(13-15-8-10-17(23)11-9-15)25(21(22)26)19-7-3-5-16-6-4-12-24-20(16)19/h3-13H,14H2,1-2H3/b18-13+. The molecule has 1 fully saturated rings. The van der Waals surface area contributed by atoms with Crippen molar-refractivity contribution < 1.29 is 9.18 Å². The number of nitrogens with zero attached hydrogens (tertiary/aromatic N) is 2. The highest BCUT2D eigenvalue weighted by Crippen LogP contribution is 2.43. The van der Waals surface area contributed by atoms with Gasteiger partial charge in [0.05, 0.1) is 11.2 Å². The van der Waals surface area contributed by atoms with Crippen LogP contribution in [0.2, 0.25) is 0 Å². The van der Waals surface area contributed by atoms with E-state index in [4.69, 9.17) is 0 Å². The SMILES string of the molecule is CC1(C)C/C(=C\c2ccc(F)cc2)N(c2cccc3cccnc23)C1=O. The molecule has 2 aromatic carbocycles. The van der Waals surface area contributed by atoms with Crippen LogP contribution >= 0.6 is 0 Å². The Bertz CT molecular complexity index is 1020. The third-order valence-corrected chi connectivity index (χ3v) is 4.75. The second-order valence-electron chi connectivity index (χ2n) is 7.24. The van der Waals surface area contributed by atoms with Crippen LogP contribution in [0.1, 0.15) is 25.8 Å². The molecule has 0 spiro atoms. The summed E-state index contributed by atoms with van der Waals surface area (Å²) in [7, 11) is 0. The van der Waals surface area contributed by atoms with Gasteiger partial charge in [0.15, 0.2) is 0 Å². The lowest BCUT2D eigenvalue weighted by atomic mass is 9.91. The van der Waals surface area contributed by atoms with Crippen LogP contribution in [0, 0.1) is 11.2 Å². The van der Waals surface area contributed by atoms with E-state index in [1.165, 1.54) is 12.1 Å². The Kier molecular flexibility index (Phi) is 3.83. The highest BCUT2D eigenvalue weighted by molar-refractivity contribution is 6.09. The highest BCUT2D eigenvalue weighted by atomic mass is 19.1. The lowest BCUT2D eigenvalue weighted by molar-refractivity contribution is -0.123. The number of hydrogen-bond acceptors (Lipinski definition) is 2.